The van der Waals surface area contributed by atoms with Crippen LogP contribution in [0.15, 0.2) is 60.0 Å². The number of aliphatic hydroxyl groups excluding tert-OH is 1. The Morgan fingerprint density at radius 3 is 2.69 bits per heavy atom. The van der Waals surface area contributed by atoms with Gasteiger partial charge in [-0.25, -0.2) is 4.39 Å². The number of hydrogen-bond donors (Lipinski definition) is 1. The van der Waals surface area contributed by atoms with Crippen LogP contribution in [0.5, 0.6) is 5.75 Å². The molecule has 2 aliphatic rings. The summed E-state index contributed by atoms with van der Waals surface area (Å²) in [6, 6.07) is 6.47. The van der Waals surface area contributed by atoms with Crippen molar-refractivity contribution in [2.24, 2.45) is 0 Å². The molecule has 1 N–H and O–H groups in total. The Hall–Kier alpha value is -3.28. The molecule has 4 rings (SSSR count). The van der Waals surface area contributed by atoms with Crippen LogP contribution in [0.3, 0.4) is 0 Å². The van der Waals surface area contributed by atoms with Crippen molar-refractivity contribution in [1.82, 2.24) is 4.98 Å². The van der Waals surface area contributed by atoms with Crippen LogP contribution in [-0.4, -0.2) is 27.3 Å². The molecule has 0 bridgehead atoms. The van der Waals surface area contributed by atoms with Crippen LogP contribution < -0.4 is 4.74 Å². The van der Waals surface area contributed by atoms with E-state index in [1.54, 1.807) is 48.7 Å². The third-order valence-electron chi connectivity index (χ3n) is 5.20. The minimum atomic E-state index is -1.63. The fraction of sp³-hybridized carbons (Fsp3) is 0.261. The van der Waals surface area contributed by atoms with Crippen LogP contribution in [0, 0.1) is 0 Å². The Kier molecular flexibility index (Phi) is 4.78. The molecule has 1 saturated carbocycles. The smallest absolute Gasteiger partial charge is 0.170 e. The van der Waals surface area contributed by atoms with Gasteiger partial charge in [-0.3, -0.25) is 14.6 Å². The molecule has 0 spiro atoms. The van der Waals surface area contributed by atoms with Gasteiger partial charge < -0.3 is 9.84 Å². The first-order valence-corrected chi connectivity index (χ1v) is 9.50. The van der Waals surface area contributed by atoms with Gasteiger partial charge >= 0.3 is 0 Å². The third-order valence-corrected chi connectivity index (χ3v) is 5.20. The van der Waals surface area contributed by atoms with E-state index in [2.05, 4.69) is 4.98 Å². The number of nitrogens with zero attached hydrogens (tertiary/aromatic N) is 1. The van der Waals surface area contributed by atoms with Crippen molar-refractivity contribution in [3.63, 3.8) is 0 Å². The summed E-state index contributed by atoms with van der Waals surface area (Å²) in [6.07, 6.45) is 7.80. The van der Waals surface area contributed by atoms with Crippen LogP contribution in [0.1, 0.15) is 38.2 Å². The average Bonchev–Trinajstić information content (AvgIpc) is 2.69. The second-order valence-corrected chi connectivity index (χ2v) is 7.43. The number of ether oxygens (including phenoxy) is 1. The molecule has 1 atom stereocenters. The number of carbonyl (C=O) groups excluding carboxylic acids is 2. The Morgan fingerprint density at radius 1 is 1.21 bits per heavy atom. The van der Waals surface area contributed by atoms with Gasteiger partial charge in [0.1, 0.15) is 22.8 Å². The van der Waals surface area contributed by atoms with E-state index in [1.807, 2.05) is 0 Å². The normalized spacial score (nSPS) is 22.0. The number of alkyl halides is 1. The number of carbonyl (C=O) groups is 2. The molecule has 2 aliphatic carbocycles. The molecular formula is C23H20FNO4. The number of aliphatic hydroxyl groups is 1. The van der Waals surface area contributed by atoms with Crippen molar-refractivity contribution >= 4 is 28.2 Å². The maximum atomic E-state index is 14.8. The first kappa shape index (κ1) is 19.1. The molecular weight excluding hydrogens is 373 g/mol. The zero-order valence-corrected chi connectivity index (χ0v) is 15.9. The summed E-state index contributed by atoms with van der Waals surface area (Å²) < 4.78 is 20.6. The number of aromatic nitrogens is 1. The SMILES string of the molecule is CC1(F)CC=CC=C1Oc1ccnc2ccc(C(O)=C3C(=O)CCCC3=O)cc12. The Morgan fingerprint density at radius 2 is 1.97 bits per heavy atom. The zero-order chi connectivity index (χ0) is 20.6. The topological polar surface area (TPSA) is 76.5 Å². The summed E-state index contributed by atoms with van der Waals surface area (Å²) in [6.45, 7) is 1.45. The number of hydrogen-bond acceptors (Lipinski definition) is 5. The summed E-state index contributed by atoms with van der Waals surface area (Å²) in [7, 11) is 0. The van der Waals surface area contributed by atoms with Gasteiger partial charge in [0, 0.05) is 36.4 Å². The van der Waals surface area contributed by atoms with Gasteiger partial charge in [0.05, 0.1) is 5.52 Å². The molecule has 148 valence electrons. The van der Waals surface area contributed by atoms with E-state index in [-0.39, 0.29) is 47.9 Å². The maximum absolute atomic E-state index is 14.8. The predicted octanol–water partition coefficient (Wildman–Crippen LogP) is 4.78. The zero-order valence-electron chi connectivity index (χ0n) is 15.9. The molecule has 1 unspecified atom stereocenters. The number of fused-ring (bicyclic) bond motifs is 1. The van der Waals surface area contributed by atoms with E-state index in [4.69, 9.17) is 4.74 Å². The average molecular weight is 393 g/mol. The Labute approximate surface area is 167 Å². The third kappa shape index (κ3) is 3.58. The molecule has 1 fully saturated rings. The van der Waals surface area contributed by atoms with Crippen molar-refractivity contribution < 1.29 is 23.8 Å². The standard InChI is InChI=1S/C23H20FNO4/c1-23(24)11-3-2-7-20(23)29-19-10-12-25-16-9-8-14(13-15(16)19)22(28)21-17(26)5-4-6-18(21)27/h2-3,7-10,12-13,28H,4-6,11H2,1H3. The molecule has 5 nitrogen and oxygen atoms in total. The second kappa shape index (κ2) is 7.28. The number of ketones is 2. The van der Waals surface area contributed by atoms with Gasteiger partial charge in [-0.05, 0) is 43.7 Å². The molecule has 1 heterocycles. The highest BCUT2D eigenvalue weighted by atomic mass is 19.1. The summed E-state index contributed by atoms with van der Waals surface area (Å²) in [4.78, 5) is 28.6. The van der Waals surface area contributed by atoms with Crippen LogP contribution in [0.25, 0.3) is 16.7 Å². The number of halogens is 1. The van der Waals surface area contributed by atoms with Crippen molar-refractivity contribution in [2.45, 2.75) is 38.3 Å². The summed E-state index contributed by atoms with van der Waals surface area (Å²) in [5, 5.41) is 11.2. The van der Waals surface area contributed by atoms with Crippen LogP contribution >= 0.6 is 0 Å². The lowest BCUT2D eigenvalue weighted by atomic mass is 9.89. The molecule has 0 saturated heterocycles. The van der Waals surface area contributed by atoms with Gasteiger partial charge in [0.25, 0.3) is 0 Å². The number of rotatable bonds is 3. The number of allylic oxidation sites excluding steroid dienone is 5. The summed E-state index contributed by atoms with van der Waals surface area (Å²) >= 11 is 0. The summed E-state index contributed by atoms with van der Waals surface area (Å²) in [5.41, 5.74) is -0.890. The van der Waals surface area contributed by atoms with Crippen LogP contribution in [0.2, 0.25) is 0 Å². The molecule has 0 aliphatic heterocycles. The predicted molar refractivity (Wildman–Crippen MR) is 107 cm³/mol. The van der Waals surface area contributed by atoms with E-state index in [1.165, 1.54) is 6.92 Å². The molecule has 0 radical (unpaired) electrons. The highest BCUT2D eigenvalue weighted by Crippen LogP contribution is 2.35. The quantitative estimate of drug-likeness (QED) is 0.461. The van der Waals surface area contributed by atoms with Crippen LogP contribution in [-0.2, 0) is 9.59 Å². The van der Waals surface area contributed by atoms with Crippen LogP contribution in [0.4, 0.5) is 4.39 Å². The lowest BCUT2D eigenvalue weighted by Crippen LogP contribution is -2.25. The highest BCUT2D eigenvalue weighted by molar-refractivity contribution is 6.25. The van der Waals surface area contributed by atoms with Crippen molar-refractivity contribution in [1.29, 1.82) is 0 Å². The van der Waals surface area contributed by atoms with Gasteiger partial charge in [0.15, 0.2) is 17.2 Å². The van der Waals surface area contributed by atoms with E-state index in [0.29, 0.717) is 28.6 Å². The molecule has 6 heteroatoms. The Bertz CT molecular complexity index is 1090. The van der Waals surface area contributed by atoms with E-state index in [0.717, 1.165) is 0 Å². The van der Waals surface area contributed by atoms with E-state index >= 15 is 0 Å². The number of benzene rings is 1. The molecule has 29 heavy (non-hydrogen) atoms. The minimum Gasteiger partial charge on any atom is -0.506 e. The second-order valence-electron chi connectivity index (χ2n) is 7.43. The van der Waals surface area contributed by atoms with Gasteiger partial charge in [0.2, 0.25) is 0 Å². The largest absolute Gasteiger partial charge is 0.506 e. The maximum Gasteiger partial charge on any atom is 0.170 e. The van der Waals surface area contributed by atoms with Gasteiger partial charge in [-0.1, -0.05) is 12.2 Å². The lowest BCUT2D eigenvalue weighted by Gasteiger charge is -2.25. The van der Waals surface area contributed by atoms with Crippen molar-refractivity contribution in [2.75, 3.05) is 0 Å². The Balaban J connectivity index is 1.79. The summed E-state index contributed by atoms with van der Waals surface area (Å²) in [5.74, 6) is -0.492. The molecule has 1 aromatic heterocycles. The first-order valence-electron chi connectivity index (χ1n) is 9.50. The molecule has 2 aromatic rings. The highest BCUT2D eigenvalue weighted by Gasteiger charge is 2.31. The molecule has 0 amide bonds. The van der Waals surface area contributed by atoms with Crippen molar-refractivity contribution in [3.05, 3.63) is 65.6 Å². The minimum absolute atomic E-state index is 0.154. The number of Topliss-reactive ketones (excluding diaryl/α,β-unsaturated/α-hetero) is 2. The number of pyridine rings is 1. The first-order chi connectivity index (χ1) is 13.9. The van der Waals surface area contributed by atoms with Gasteiger partial charge in [-0.2, -0.15) is 0 Å². The fourth-order valence-electron chi connectivity index (χ4n) is 3.56. The van der Waals surface area contributed by atoms with Crippen molar-refractivity contribution in [3.8, 4) is 5.75 Å². The fourth-order valence-corrected chi connectivity index (χ4v) is 3.56. The van der Waals surface area contributed by atoms with Gasteiger partial charge in [-0.15, -0.1) is 0 Å². The van der Waals surface area contributed by atoms with E-state index < -0.39 is 5.67 Å². The lowest BCUT2D eigenvalue weighted by molar-refractivity contribution is -0.123. The van der Waals surface area contributed by atoms with E-state index in [9.17, 15) is 19.1 Å². The molecule has 1 aromatic carbocycles. The monoisotopic (exact) mass is 393 g/mol.